The molecule has 0 saturated carbocycles. The summed E-state index contributed by atoms with van der Waals surface area (Å²) in [4.78, 5) is 7.75. The summed E-state index contributed by atoms with van der Waals surface area (Å²) in [7, 11) is 1.51. The van der Waals surface area contributed by atoms with Crippen LogP contribution in [0.4, 0.5) is 0 Å². The van der Waals surface area contributed by atoms with E-state index in [4.69, 9.17) is 9.47 Å². The number of rotatable bonds is 5. The predicted molar refractivity (Wildman–Crippen MR) is 50.0 cm³/mol. The van der Waals surface area contributed by atoms with E-state index >= 15 is 0 Å². The van der Waals surface area contributed by atoms with Gasteiger partial charge in [0, 0.05) is 12.7 Å². The van der Waals surface area contributed by atoms with Crippen LogP contribution in [0.25, 0.3) is 0 Å². The number of aliphatic hydroxyl groups is 1. The maximum Gasteiger partial charge on any atom is 0.216 e. The standard InChI is InChI=1S/C9H14N2O3/c1-3-14-5-8(12)7-4-9(13-2)11-6-10-7/h4,6,8,12H,3,5H2,1-2H3. The lowest BCUT2D eigenvalue weighted by Gasteiger charge is -2.09. The smallest absolute Gasteiger partial charge is 0.216 e. The summed E-state index contributed by atoms with van der Waals surface area (Å²) < 4.78 is 9.98. The van der Waals surface area contributed by atoms with Crippen molar-refractivity contribution in [2.24, 2.45) is 0 Å². The van der Waals surface area contributed by atoms with Crippen LogP contribution in [0.3, 0.4) is 0 Å². The van der Waals surface area contributed by atoms with Gasteiger partial charge in [0.05, 0.1) is 19.4 Å². The first-order valence-electron chi connectivity index (χ1n) is 4.39. The van der Waals surface area contributed by atoms with Crippen molar-refractivity contribution in [1.29, 1.82) is 0 Å². The Morgan fingerprint density at radius 3 is 2.93 bits per heavy atom. The molecular weight excluding hydrogens is 184 g/mol. The van der Waals surface area contributed by atoms with Gasteiger partial charge in [-0.05, 0) is 6.92 Å². The quantitative estimate of drug-likeness (QED) is 0.748. The van der Waals surface area contributed by atoms with Crippen LogP contribution in [0.5, 0.6) is 5.88 Å². The molecule has 0 amide bonds. The fourth-order valence-electron chi connectivity index (χ4n) is 0.962. The molecule has 1 heterocycles. The monoisotopic (exact) mass is 198 g/mol. The van der Waals surface area contributed by atoms with E-state index in [0.717, 1.165) is 0 Å². The van der Waals surface area contributed by atoms with Crippen molar-refractivity contribution in [2.75, 3.05) is 20.3 Å². The first-order chi connectivity index (χ1) is 6.77. The first-order valence-corrected chi connectivity index (χ1v) is 4.39. The Morgan fingerprint density at radius 2 is 2.29 bits per heavy atom. The topological polar surface area (TPSA) is 64.5 Å². The lowest BCUT2D eigenvalue weighted by Crippen LogP contribution is -2.09. The van der Waals surface area contributed by atoms with E-state index in [1.165, 1.54) is 13.4 Å². The largest absolute Gasteiger partial charge is 0.481 e. The molecule has 1 aromatic heterocycles. The van der Waals surface area contributed by atoms with Crippen molar-refractivity contribution in [3.63, 3.8) is 0 Å². The molecule has 1 unspecified atom stereocenters. The summed E-state index contributed by atoms with van der Waals surface area (Å²) in [6.07, 6.45) is 0.621. The normalized spacial score (nSPS) is 12.5. The van der Waals surface area contributed by atoms with Crippen molar-refractivity contribution in [2.45, 2.75) is 13.0 Å². The zero-order chi connectivity index (χ0) is 10.4. The van der Waals surface area contributed by atoms with Crippen LogP contribution in [0.2, 0.25) is 0 Å². The minimum Gasteiger partial charge on any atom is -0.481 e. The van der Waals surface area contributed by atoms with Gasteiger partial charge in [-0.25, -0.2) is 9.97 Å². The third-order valence-electron chi connectivity index (χ3n) is 1.69. The van der Waals surface area contributed by atoms with E-state index < -0.39 is 6.10 Å². The molecule has 1 N–H and O–H groups in total. The summed E-state index contributed by atoms with van der Waals surface area (Å²) in [5.41, 5.74) is 0.505. The lowest BCUT2D eigenvalue weighted by molar-refractivity contribution is 0.0395. The molecule has 0 aliphatic rings. The van der Waals surface area contributed by atoms with Gasteiger partial charge in [0.15, 0.2) is 0 Å². The molecule has 1 atom stereocenters. The highest BCUT2D eigenvalue weighted by Gasteiger charge is 2.10. The summed E-state index contributed by atoms with van der Waals surface area (Å²) in [5.74, 6) is 0.436. The molecule has 14 heavy (non-hydrogen) atoms. The number of hydrogen-bond donors (Lipinski definition) is 1. The van der Waals surface area contributed by atoms with Crippen molar-refractivity contribution < 1.29 is 14.6 Å². The van der Waals surface area contributed by atoms with Crippen molar-refractivity contribution in [3.8, 4) is 5.88 Å². The van der Waals surface area contributed by atoms with E-state index in [9.17, 15) is 5.11 Å². The Balaban J connectivity index is 2.64. The van der Waals surface area contributed by atoms with Crippen LogP contribution in [-0.4, -0.2) is 35.4 Å². The van der Waals surface area contributed by atoms with E-state index in [-0.39, 0.29) is 6.61 Å². The summed E-state index contributed by atoms with van der Waals surface area (Å²) >= 11 is 0. The van der Waals surface area contributed by atoms with Crippen molar-refractivity contribution in [1.82, 2.24) is 9.97 Å². The van der Waals surface area contributed by atoms with Crippen LogP contribution < -0.4 is 4.74 Å². The molecule has 0 saturated heterocycles. The van der Waals surface area contributed by atoms with E-state index in [0.29, 0.717) is 18.2 Å². The predicted octanol–water partition coefficient (Wildman–Crippen LogP) is 0.555. The number of aliphatic hydroxyl groups excluding tert-OH is 1. The highest BCUT2D eigenvalue weighted by atomic mass is 16.5. The first kappa shape index (κ1) is 10.9. The Bertz CT molecular complexity index is 281. The third-order valence-corrected chi connectivity index (χ3v) is 1.69. The van der Waals surface area contributed by atoms with E-state index in [1.54, 1.807) is 6.07 Å². The summed E-state index contributed by atoms with van der Waals surface area (Å²) in [6, 6.07) is 1.59. The molecule has 1 aromatic rings. The highest BCUT2D eigenvalue weighted by molar-refractivity contribution is 5.15. The van der Waals surface area contributed by atoms with Gasteiger partial charge in [0.25, 0.3) is 0 Å². The summed E-state index contributed by atoms with van der Waals surface area (Å²) in [5, 5.41) is 9.60. The zero-order valence-electron chi connectivity index (χ0n) is 8.30. The minimum absolute atomic E-state index is 0.233. The molecule has 0 aliphatic heterocycles. The fourth-order valence-corrected chi connectivity index (χ4v) is 0.962. The maximum atomic E-state index is 9.60. The Labute approximate surface area is 82.7 Å². The van der Waals surface area contributed by atoms with Crippen molar-refractivity contribution >= 4 is 0 Å². The second-order valence-electron chi connectivity index (χ2n) is 2.66. The highest BCUT2D eigenvalue weighted by Crippen LogP contribution is 2.13. The van der Waals surface area contributed by atoms with Gasteiger partial charge in [0.1, 0.15) is 12.4 Å². The average molecular weight is 198 g/mol. The van der Waals surface area contributed by atoms with Crippen LogP contribution in [0.1, 0.15) is 18.7 Å². The molecule has 0 aliphatic carbocycles. The van der Waals surface area contributed by atoms with E-state index in [2.05, 4.69) is 9.97 Å². The molecule has 5 heteroatoms. The molecule has 0 fully saturated rings. The molecule has 5 nitrogen and oxygen atoms in total. The van der Waals surface area contributed by atoms with Gasteiger partial charge in [-0.1, -0.05) is 0 Å². The number of ether oxygens (including phenoxy) is 2. The zero-order valence-corrected chi connectivity index (χ0v) is 8.30. The Kier molecular flexibility index (Phi) is 4.28. The Hall–Kier alpha value is -1.20. The van der Waals surface area contributed by atoms with Crippen LogP contribution in [-0.2, 0) is 4.74 Å². The maximum absolute atomic E-state index is 9.60. The van der Waals surface area contributed by atoms with Crippen molar-refractivity contribution in [3.05, 3.63) is 18.1 Å². The molecule has 78 valence electrons. The minimum atomic E-state index is -0.730. The molecular formula is C9H14N2O3. The van der Waals surface area contributed by atoms with E-state index in [1.807, 2.05) is 6.92 Å². The van der Waals surface area contributed by atoms with Crippen LogP contribution >= 0.6 is 0 Å². The lowest BCUT2D eigenvalue weighted by atomic mass is 10.2. The van der Waals surface area contributed by atoms with Gasteiger partial charge >= 0.3 is 0 Å². The second-order valence-corrected chi connectivity index (χ2v) is 2.66. The summed E-state index contributed by atoms with van der Waals surface area (Å²) in [6.45, 7) is 2.67. The van der Waals surface area contributed by atoms with Crippen LogP contribution in [0.15, 0.2) is 12.4 Å². The number of methoxy groups -OCH3 is 1. The van der Waals surface area contributed by atoms with Crippen LogP contribution in [0, 0.1) is 0 Å². The number of hydrogen-bond acceptors (Lipinski definition) is 5. The third kappa shape index (κ3) is 2.93. The van der Waals surface area contributed by atoms with Gasteiger partial charge in [-0.3, -0.25) is 0 Å². The molecule has 0 aromatic carbocycles. The average Bonchev–Trinajstić information content (AvgIpc) is 2.26. The second kappa shape index (κ2) is 5.51. The van der Waals surface area contributed by atoms with Gasteiger partial charge in [-0.15, -0.1) is 0 Å². The molecule has 0 radical (unpaired) electrons. The van der Waals surface area contributed by atoms with Gasteiger partial charge < -0.3 is 14.6 Å². The number of aromatic nitrogens is 2. The molecule has 0 bridgehead atoms. The Morgan fingerprint density at radius 1 is 1.50 bits per heavy atom. The van der Waals surface area contributed by atoms with Gasteiger partial charge in [0.2, 0.25) is 5.88 Å². The van der Waals surface area contributed by atoms with Gasteiger partial charge in [-0.2, -0.15) is 0 Å². The molecule has 1 rings (SSSR count). The SMILES string of the molecule is CCOCC(O)c1cc(OC)ncn1. The number of nitrogens with zero attached hydrogens (tertiary/aromatic N) is 2. The fraction of sp³-hybridized carbons (Fsp3) is 0.556. The molecule has 0 spiro atoms.